The van der Waals surface area contributed by atoms with Gasteiger partial charge in [0, 0.05) is 17.3 Å². The first kappa shape index (κ1) is 12.9. The largest absolute Gasteiger partial charge is 0.361 e. The predicted octanol–water partition coefficient (Wildman–Crippen LogP) is 3.43. The van der Waals surface area contributed by atoms with Crippen molar-refractivity contribution in [3.05, 3.63) is 65.6 Å². The van der Waals surface area contributed by atoms with E-state index in [4.69, 9.17) is 5.26 Å². The quantitative estimate of drug-likeness (QED) is 0.754. The first-order valence-electron chi connectivity index (χ1n) is 6.25. The van der Waals surface area contributed by atoms with Crippen molar-refractivity contribution < 1.29 is 9.18 Å². The van der Waals surface area contributed by atoms with E-state index < -0.39 is 5.82 Å². The lowest BCUT2D eigenvalue weighted by Gasteiger charge is -2.07. The molecule has 0 unspecified atom stereocenters. The molecule has 0 aliphatic rings. The SMILES string of the molecule is N#Cc1cc(F)ccc1NC(=O)c1ccc2cc[nH]c2c1. The van der Waals surface area contributed by atoms with E-state index in [0.29, 0.717) is 5.56 Å². The van der Waals surface area contributed by atoms with Crippen LogP contribution in [0.3, 0.4) is 0 Å². The number of H-pyrrole nitrogens is 1. The molecule has 0 saturated heterocycles. The van der Waals surface area contributed by atoms with Crippen LogP contribution in [0.5, 0.6) is 0 Å². The highest BCUT2D eigenvalue weighted by molar-refractivity contribution is 6.06. The molecule has 0 fully saturated rings. The molecule has 2 N–H and O–H groups in total. The topological polar surface area (TPSA) is 68.7 Å². The molecule has 5 heteroatoms. The number of rotatable bonds is 2. The minimum atomic E-state index is -0.516. The average Bonchev–Trinajstić information content (AvgIpc) is 2.96. The normalized spacial score (nSPS) is 10.3. The summed E-state index contributed by atoms with van der Waals surface area (Å²) in [6.45, 7) is 0. The number of halogens is 1. The van der Waals surface area contributed by atoms with Crippen molar-refractivity contribution in [2.24, 2.45) is 0 Å². The minimum absolute atomic E-state index is 0.0873. The van der Waals surface area contributed by atoms with Gasteiger partial charge in [-0.2, -0.15) is 5.26 Å². The van der Waals surface area contributed by atoms with Gasteiger partial charge in [0.15, 0.2) is 0 Å². The number of aromatic amines is 1. The standard InChI is InChI=1S/C16H10FN3O/c17-13-3-4-14(12(7-13)9-18)20-16(21)11-2-1-10-5-6-19-15(10)8-11/h1-8,19H,(H,20,21). The summed E-state index contributed by atoms with van der Waals surface area (Å²) in [7, 11) is 0. The Kier molecular flexibility index (Phi) is 3.13. The van der Waals surface area contributed by atoms with E-state index in [2.05, 4.69) is 10.3 Å². The van der Waals surface area contributed by atoms with Crippen molar-refractivity contribution in [2.45, 2.75) is 0 Å². The molecule has 1 heterocycles. The Bertz CT molecular complexity index is 877. The Morgan fingerprint density at radius 2 is 2.05 bits per heavy atom. The van der Waals surface area contributed by atoms with E-state index in [1.54, 1.807) is 18.3 Å². The number of nitrogens with zero attached hydrogens (tertiary/aromatic N) is 1. The molecule has 0 aliphatic heterocycles. The molecule has 0 saturated carbocycles. The molecule has 0 bridgehead atoms. The van der Waals surface area contributed by atoms with E-state index in [0.717, 1.165) is 17.0 Å². The molecule has 0 aliphatic carbocycles. The number of carbonyl (C=O) groups is 1. The third-order valence-corrected chi connectivity index (χ3v) is 3.17. The van der Waals surface area contributed by atoms with E-state index in [-0.39, 0.29) is 17.2 Å². The Morgan fingerprint density at radius 1 is 1.19 bits per heavy atom. The van der Waals surface area contributed by atoms with Gasteiger partial charge in [0.25, 0.3) is 5.91 Å². The van der Waals surface area contributed by atoms with Crippen molar-refractivity contribution in [1.82, 2.24) is 4.98 Å². The first-order valence-corrected chi connectivity index (χ1v) is 6.25. The van der Waals surface area contributed by atoms with Gasteiger partial charge in [-0.15, -0.1) is 0 Å². The number of hydrogen-bond acceptors (Lipinski definition) is 2. The van der Waals surface area contributed by atoms with Crippen LogP contribution in [-0.4, -0.2) is 10.9 Å². The molecule has 0 atom stereocenters. The summed E-state index contributed by atoms with van der Waals surface area (Å²) in [5.74, 6) is -0.869. The number of aromatic nitrogens is 1. The number of anilines is 1. The number of amides is 1. The third kappa shape index (κ3) is 2.47. The molecule has 3 aromatic rings. The molecule has 21 heavy (non-hydrogen) atoms. The second kappa shape index (κ2) is 5.10. The Morgan fingerprint density at radius 3 is 2.86 bits per heavy atom. The summed E-state index contributed by atoms with van der Waals surface area (Å²) in [4.78, 5) is 15.2. The third-order valence-electron chi connectivity index (χ3n) is 3.17. The van der Waals surface area contributed by atoms with Crippen molar-refractivity contribution in [2.75, 3.05) is 5.32 Å². The van der Waals surface area contributed by atoms with E-state index >= 15 is 0 Å². The summed E-state index contributed by atoms with van der Waals surface area (Å²) in [6.07, 6.45) is 1.79. The Balaban J connectivity index is 1.91. The van der Waals surface area contributed by atoms with Crippen LogP contribution in [0.15, 0.2) is 48.7 Å². The fraction of sp³-hybridized carbons (Fsp3) is 0. The lowest BCUT2D eigenvalue weighted by atomic mass is 10.1. The zero-order valence-electron chi connectivity index (χ0n) is 10.9. The molecular weight excluding hydrogens is 269 g/mol. The van der Waals surface area contributed by atoms with Gasteiger partial charge in [-0.1, -0.05) is 6.07 Å². The fourth-order valence-corrected chi connectivity index (χ4v) is 2.10. The van der Waals surface area contributed by atoms with Gasteiger partial charge >= 0.3 is 0 Å². The van der Waals surface area contributed by atoms with Gasteiger partial charge in [0.05, 0.1) is 11.3 Å². The van der Waals surface area contributed by atoms with E-state index in [1.165, 1.54) is 12.1 Å². The molecule has 1 aromatic heterocycles. The fourth-order valence-electron chi connectivity index (χ4n) is 2.10. The van der Waals surface area contributed by atoms with Crippen molar-refractivity contribution in [3.63, 3.8) is 0 Å². The second-order valence-electron chi connectivity index (χ2n) is 4.54. The van der Waals surface area contributed by atoms with Crippen molar-refractivity contribution in [3.8, 4) is 6.07 Å². The van der Waals surface area contributed by atoms with Gasteiger partial charge < -0.3 is 10.3 Å². The Hall–Kier alpha value is -3.13. The van der Waals surface area contributed by atoms with Crippen LogP contribution in [-0.2, 0) is 0 Å². The van der Waals surface area contributed by atoms with Gasteiger partial charge in [0.2, 0.25) is 0 Å². The summed E-state index contributed by atoms with van der Waals surface area (Å²) in [5.41, 5.74) is 1.68. The van der Waals surface area contributed by atoms with Gasteiger partial charge in [-0.05, 0) is 41.8 Å². The number of nitrogens with one attached hydrogen (secondary N) is 2. The number of benzene rings is 2. The molecule has 1 amide bonds. The highest BCUT2D eigenvalue weighted by atomic mass is 19.1. The second-order valence-corrected chi connectivity index (χ2v) is 4.54. The number of hydrogen-bond donors (Lipinski definition) is 2. The molecular formula is C16H10FN3O. The monoisotopic (exact) mass is 279 g/mol. The van der Waals surface area contributed by atoms with Crippen LogP contribution in [0.1, 0.15) is 15.9 Å². The molecule has 3 rings (SSSR count). The van der Waals surface area contributed by atoms with Gasteiger partial charge in [-0.25, -0.2) is 4.39 Å². The van der Waals surface area contributed by atoms with Crippen LogP contribution in [0, 0.1) is 17.1 Å². The Labute approximate surface area is 119 Å². The van der Waals surface area contributed by atoms with Crippen LogP contribution in [0.2, 0.25) is 0 Å². The predicted molar refractivity (Wildman–Crippen MR) is 77.4 cm³/mol. The number of carbonyl (C=O) groups excluding carboxylic acids is 1. The first-order chi connectivity index (χ1) is 10.2. The van der Waals surface area contributed by atoms with Crippen molar-refractivity contribution >= 4 is 22.5 Å². The number of fused-ring (bicyclic) bond motifs is 1. The highest BCUT2D eigenvalue weighted by Crippen LogP contribution is 2.19. The molecule has 0 radical (unpaired) electrons. The van der Waals surface area contributed by atoms with Crippen LogP contribution in [0.25, 0.3) is 10.9 Å². The van der Waals surface area contributed by atoms with E-state index in [1.807, 2.05) is 18.2 Å². The summed E-state index contributed by atoms with van der Waals surface area (Å²) >= 11 is 0. The lowest BCUT2D eigenvalue weighted by molar-refractivity contribution is 0.102. The van der Waals surface area contributed by atoms with Gasteiger partial charge in [0.1, 0.15) is 11.9 Å². The molecule has 102 valence electrons. The maximum atomic E-state index is 13.1. The lowest BCUT2D eigenvalue weighted by Crippen LogP contribution is -2.12. The average molecular weight is 279 g/mol. The zero-order valence-corrected chi connectivity index (χ0v) is 10.9. The minimum Gasteiger partial charge on any atom is -0.361 e. The smallest absolute Gasteiger partial charge is 0.255 e. The molecule has 0 spiro atoms. The molecule has 4 nitrogen and oxygen atoms in total. The maximum absolute atomic E-state index is 13.1. The maximum Gasteiger partial charge on any atom is 0.255 e. The molecule has 2 aromatic carbocycles. The van der Waals surface area contributed by atoms with Gasteiger partial charge in [-0.3, -0.25) is 4.79 Å². The number of nitriles is 1. The van der Waals surface area contributed by atoms with E-state index in [9.17, 15) is 9.18 Å². The van der Waals surface area contributed by atoms with Crippen molar-refractivity contribution in [1.29, 1.82) is 5.26 Å². The van der Waals surface area contributed by atoms with Crippen LogP contribution < -0.4 is 5.32 Å². The van der Waals surface area contributed by atoms with Crippen LogP contribution in [0.4, 0.5) is 10.1 Å². The summed E-state index contributed by atoms with van der Waals surface area (Å²) < 4.78 is 13.1. The summed E-state index contributed by atoms with van der Waals surface area (Å²) in [6, 6.07) is 12.7. The summed E-state index contributed by atoms with van der Waals surface area (Å²) in [5, 5.41) is 12.6. The zero-order chi connectivity index (χ0) is 14.8. The highest BCUT2D eigenvalue weighted by Gasteiger charge is 2.10. The van der Waals surface area contributed by atoms with Crippen LogP contribution >= 0.6 is 0 Å².